The van der Waals surface area contributed by atoms with Crippen LogP contribution in [-0.2, 0) is 0 Å². The van der Waals surface area contributed by atoms with E-state index in [2.05, 4.69) is 10.6 Å². The van der Waals surface area contributed by atoms with Crippen LogP contribution in [0.2, 0.25) is 5.02 Å². The summed E-state index contributed by atoms with van der Waals surface area (Å²) in [5.41, 5.74) is -0.226. The summed E-state index contributed by atoms with van der Waals surface area (Å²) >= 11 is 5.74. The fourth-order valence-electron chi connectivity index (χ4n) is 1.62. The molecule has 0 saturated heterocycles. The quantitative estimate of drug-likeness (QED) is 0.821. The third-order valence-electron chi connectivity index (χ3n) is 2.65. The minimum absolute atomic E-state index is 0.200. The SMILES string of the molecule is O=C(NCCOc1ccc(Cl)cc1)Nc1cc(F)ccc1F. The number of hydrogen-bond donors (Lipinski definition) is 2. The Labute approximate surface area is 131 Å². The number of ether oxygens (including phenoxy) is 1. The molecule has 0 unspecified atom stereocenters. The molecule has 116 valence electrons. The van der Waals surface area contributed by atoms with E-state index < -0.39 is 17.7 Å². The number of carbonyl (C=O) groups is 1. The number of nitrogens with one attached hydrogen (secondary N) is 2. The van der Waals surface area contributed by atoms with Gasteiger partial charge in [0.2, 0.25) is 0 Å². The lowest BCUT2D eigenvalue weighted by Gasteiger charge is -2.09. The molecular formula is C15H13ClF2N2O2. The first-order valence-corrected chi connectivity index (χ1v) is 6.80. The molecule has 0 aliphatic rings. The molecular weight excluding hydrogens is 314 g/mol. The lowest BCUT2D eigenvalue weighted by Crippen LogP contribution is -2.32. The lowest BCUT2D eigenvalue weighted by molar-refractivity contribution is 0.247. The highest BCUT2D eigenvalue weighted by Crippen LogP contribution is 2.16. The molecule has 0 saturated carbocycles. The minimum Gasteiger partial charge on any atom is -0.492 e. The van der Waals surface area contributed by atoms with Gasteiger partial charge in [-0.05, 0) is 36.4 Å². The number of halogens is 3. The first-order valence-electron chi connectivity index (χ1n) is 6.43. The van der Waals surface area contributed by atoms with Crippen LogP contribution in [0.25, 0.3) is 0 Å². The smallest absolute Gasteiger partial charge is 0.319 e. The maximum atomic E-state index is 13.3. The van der Waals surface area contributed by atoms with Crippen molar-refractivity contribution in [2.75, 3.05) is 18.5 Å². The Morgan fingerprint density at radius 3 is 2.59 bits per heavy atom. The zero-order valence-corrected chi connectivity index (χ0v) is 12.2. The summed E-state index contributed by atoms with van der Waals surface area (Å²) in [6.07, 6.45) is 0. The molecule has 2 N–H and O–H groups in total. The Kier molecular flexibility index (Phi) is 5.55. The van der Waals surface area contributed by atoms with Crippen molar-refractivity contribution in [2.45, 2.75) is 0 Å². The normalized spacial score (nSPS) is 10.1. The molecule has 0 radical (unpaired) electrons. The van der Waals surface area contributed by atoms with Gasteiger partial charge in [-0.15, -0.1) is 0 Å². The molecule has 0 aromatic heterocycles. The molecule has 22 heavy (non-hydrogen) atoms. The van der Waals surface area contributed by atoms with Crippen molar-refractivity contribution in [3.63, 3.8) is 0 Å². The Bertz CT molecular complexity index is 650. The highest BCUT2D eigenvalue weighted by atomic mass is 35.5. The van der Waals surface area contributed by atoms with Gasteiger partial charge in [0.25, 0.3) is 0 Å². The number of urea groups is 1. The Balaban J connectivity index is 1.74. The van der Waals surface area contributed by atoms with Crippen LogP contribution >= 0.6 is 11.6 Å². The average Bonchev–Trinajstić information content (AvgIpc) is 2.49. The van der Waals surface area contributed by atoms with Gasteiger partial charge in [-0.25, -0.2) is 13.6 Å². The number of anilines is 1. The Hall–Kier alpha value is -2.34. The van der Waals surface area contributed by atoms with Gasteiger partial charge in [-0.1, -0.05) is 11.6 Å². The number of benzene rings is 2. The predicted molar refractivity (Wildman–Crippen MR) is 80.3 cm³/mol. The van der Waals surface area contributed by atoms with Gasteiger partial charge in [-0.3, -0.25) is 0 Å². The fourth-order valence-corrected chi connectivity index (χ4v) is 1.75. The second-order valence-electron chi connectivity index (χ2n) is 4.31. The van der Waals surface area contributed by atoms with Crippen LogP contribution < -0.4 is 15.4 Å². The van der Waals surface area contributed by atoms with E-state index in [-0.39, 0.29) is 18.8 Å². The van der Waals surface area contributed by atoms with Crippen molar-refractivity contribution in [3.05, 3.63) is 59.1 Å². The van der Waals surface area contributed by atoms with Crippen LogP contribution in [0.1, 0.15) is 0 Å². The molecule has 0 bridgehead atoms. The first kappa shape index (κ1) is 16.0. The van der Waals surface area contributed by atoms with Gasteiger partial charge in [0.15, 0.2) is 0 Å². The van der Waals surface area contributed by atoms with Crippen molar-refractivity contribution < 1.29 is 18.3 Å². The van der Waals surface area contributed by atoms with E-state index in [1.165, 1.54) is 0 Å². The zero-order valence-electron chi connectivity index (χ0n) is 11.4. The summed E-state index contributed by atoms with van der Waals surface area (Å²) in [4.78, 5) is 11.5. The standard InChI is InChI=1S/C15H13ClF2N2O2/c16-10-1-4-12(5-2-10)22-8-7-19-15(21)20-14-9-11(17)3-6-13(14)18/h1-6,9H,7-8H2,(H2,19,20,21). The third-order valence-corrected chi connectivity index (χ3v) is 2.90. The van der Waals surface area contributed by atoms with Crippen molar-refractivity contribution in [1.82, 2.24) is 5.32 Å². The molecule has 0 aliphatic heterocycles. The summed E-state index contributed by atoms with van der Waals surface area (Å²) in [6, 6.07) is 8.93. The number of carbonyl (C=O) groups excluding carboxylic acids is 1. The lowest BCUT2D eigenvalue weighted by atomic mass is 10.3. The van der Waals surface area contributed by atoms with E-state index in [1.807, 2.05) is 0 Å². The zero-order chi connectivity index (χ0) is 15.9. The van der Waals surface area contributed by atoms with E-state index in [1.54, 1.807) is 24.3 Å². The van der Waals surface area contributed by atoms with Gasteiger partial charge in [0.1, 0.15) is 24.0 Å². The second-order valence-corrected chi connectivity index (χ2v) is 4.74. The van der Waals surface area contributed by atoms with Gasteiger partial charge in [0.05, 0.1) is 12.2 Å². The second kappa shape index (κ2) is 7.61. The highest BCUT2D eigenvalue weighted by Gasteiger charge is 2.07. The summed E-state index contributed by atoms with van der Waals surface area (Å²) in [6.45, 7) is 0.423. The van der Waals surface area contributed by atoms with Crippen molar-refractivity contribution >= 4 is 23.3 Å². The molecule has 4 nitrogen and oxygen atoms in total. The maximum absolute atomic E-state index is 13.3. The third kappa shape index (κ3) is 4.89. The maximum Gasteiger partial charge on any atom is 0.319 e. The molecule has 0 fully saturated rings. The molecule has 0 aliphatic carbocycles. The highest BCUT2D eigenvalue weighted by molar-refractivity contribution is 6.30. The van der Waals surface area contributed by atoms with Gasteiger partial charge in [-0.2, -0.15) is 0 Å². The Morgan fingerprint density at radius 1 is 1.14 bits per heavy atom. The summed E-state index contributed by atoms with van der Waals surface area (Å²) in [5.74, 6) is -0.737. The number of rotatable bonds is 5. The molecule has 2 aromatic carbocycles. The van der Waals surface area contributed by atoms with E-state index in [0.717, 1.165) is 18.2 Å². The molecule has 0 atom stereocenters. The number of amides is 2. The van der Waals surface area contributed by atoms with Crippen molar-refractivity contribution in [3.8, 4) is 5.75 Å². The van der Waals surface area contributed by atoms with Gasteiger partial charge in [0, 0.05) is 11.1 Å². The van der Waals surface area contributed by atoms with Crippen molar-refractivity contribution in [1.29, 1.82) is 0 Å². The number of hydrogen-bond acceptors (Lipinski definition) is 2. The van der Waals surface area contributed by atoms with Crippen molar-refractivity contribution in [2.24, 2.45) is 0 Å². The molecule has 2 rings (SSSR count). The van der Waals surface area contributed by atoms with Crippen LogP contribution in [0.4, 0.5) is 19.3 Å². The first-order chi connectivity index (χ1) is 10.5. The van der Waals surface area contributed by atoms with Crippen LogP contribution in [0.15, 0.2) is 42.5 Å². The molecule has 0 heterocycles. The average molecular weight is 327 g/mol. The van der Waals surface area contributed by atoms with E-state index in [0.29, 0.717) is 10.8 Å². The molecule has 7 heteroatoms. The monoisotopic (exact) mass is 326 g/mol. The molecule has 2 amide bonds. The fraction of sp³-hybridized carbons (Fsp3) is 0.133. The van der Waals surface area contributed by atoms with Gasteiger partial charge >= 0.3 is 6.03 Å². The van der Waals surface area contributed by atoms with Crippen LogP contribution in [-0.4, -0.2) is 19.2 Å². The Morgan fingerprint density at radius 2 is 1.86 bits per heavy atom. The topological polar surface area (TPSA) is 50.4 Å². The summed E-state index contributed by atoms with van der Waals surface area (Å²) in [7, 11) is 0. The summed E-state index contributed by atoms with van der Waals surface area (Å²) in [5, 5.41) is 5.29. The van der Waals surface area contributed by atoms with E-state index in [9.17, 15) is 13.6 Å². The summed E-state index contributed by atoms with van der Waals surface area (Å²) < 4.78 is 31.6. The predicted octanol–water partition coefficient (Wildman–Crippen LogP) is 3.82. The van der Waals surface area contributed by atoms with E-state index in [4.69, 9.17) is 16.3 Å². The largest absolute Gasteiger partial charge is 0.492 e. The van der Waals surface area contributed by atoms with Gasteiger partial charge < -0.3 is 15.4 Å². The van der Waals surface area contributed by atoms with Crippen LogP contribution in [0.5, 0.6) is 5.75 Å². The van der Waals surface area contributed by atoms with Crippen LogP contribution in [0.3, 0.4) is 0 Å². The van der Waals surface area contributed by atoms with E-state index >= 15 is 0 Å². The minimum atomic E-state index is -0.714. The van der Waals surface area contributed by atoms with Crippen LogP contribution in [0, 0.1) is 11.6 Å². The molecule has 2 aromatic rings. The molecule has 0 spiro atoms.